The molecule has 2 heterocycles. The number of carbonyl (C=O) groups excluding carboxylic acids is 2. The van der Waals surface area contributed by atoms with Gasteiger partial charge in [-0.15, -0.1) is 24.0 Å². The average molecular weight is 529 g/mol. The first-order valence-electron chi connectivity index (χ1n) is 11.4. The van der Waals surface area contributed by atoms with E-state index in [4.69, 9.17) is 4.99 Å². The lowest BCUT2D eigenvalue weighted by Crippen LogP contribution is -2.44. The number of allylic oxidation sites excluding steroid dienone is 2. The van der Waals surface area contributed by atoms with Gasteiger partial charge in [-0.2, -0.15) is 0 Å². The third-order valence-corrected chi connectivity index (χ3v) is 7.12. The monoisotopic (exact) mass is 529 g/mol. The van der Waals surface area contributed by atoms with Crippen LogP contribution in [0.5, 0.6) is 0 Å². The number of rotatable bonds is 8. The van der Waals surface area contributed by atoms with E-state index in [1.165, 1.54) is 30.8 Å². The Morgan fingerprint density at radius 3 is 2.30 bits per heavy atom. The van der Waals surface area contributed by atoms with Gasteiger partial charge < -0.3 is 10.6 Å². The van der Waals surface area contributed by atoms with Crippen LogP contribution in [-0.2, 0) is 9.59 Å². The zero-order valence-electron chi connectivity index (χ0n) is 18.2. The van der Waals surface area contributed by atoms with Gasteiger partial charge in [-0.05, 0) is 57.5 Å². The van der Waals surface area contributed by atoms with E-state index in [0.717, 1.165) is 31.9 Å². The maximum Gasteiger partial charge on any atom is 0.233 e. The van der Waals surface area contributed by atoms with Crippen LogP contribution in [0.3, 0.4) is 0 Å². The molecule has 30 heavy (non-hydrogen) atoms. The van der Waals surface area contributed by atoms with Crippen LogP contribution in [0.2, 0.25) is 0 Å². The number of hydrogen-bond acceptors (Lipinski definition) is 4. The van der Waals surface area contributed by atoms with Crippen molar-refractivity contribution in [2.75, 3.05) is 39.3 Å². The van der Waals surface area contributed by atoms with Crippen LogP contribution in [0.15, 0.2) is 17.1 Å². The van der Waals surface area contributed by atoms with Gasteiger partial charge in [-0.25, -0.2) is 0 Å². The molecule has 0 spiro atoms. The summed E-state index contributed by atoms with van der Waals surface area (Å²) in [5.74, 6) is 1.16. The first-order chi connectivity index (χ1) is 14.1. The highest BCUT2D eigenvalue weighted by atomic mass is 127. The SMILES string of the molecule is CCNC(=NCC(CC)N1CCCC1)NCCN1C(=O)C2C3C=CC(C3)C2C1=O.I. The van der Waals surface area contributed by atoms with Gasteiger partial charge in [0.1, 0.15) is 0 Å². The summed E-state index contributed by atoms with van der Waals surface area (Å²) in [6.07, 6.45) is 8.92. The van der Waals surface area contributed by atoms with Crippen LogP contribution in [0.1, 0.15) is 39.5 Å². The van der Waals surface area contributed by atoms with Crippen LogP contribution < -0.4 is 10.6 Å². The van der Waals surface area contributed by atoms with Crippen molar-refractivity contribution in [3.05, 3.63) is 12.2 Å². The van der Waals surface area contributed by atoms with E-state index < -0.39 is 0 Å². The Labute approximate surface area is 197 Å². The molecule has 5 unspecified atom stereocenters. The van der Waals surface area contributed by atoms with Gasteiger partial charge in [-0.3, -0.25) is 24.4 Å². The van der Waals surface area contributed by atoms with Crippen LogP contribution in [-0.4, -0.2) is 72.9 Å². The molecule has 2 bridgehead atoms. The maximum absolute atomic E-state index is 12.8. The molecule has 0 aromatic rings. The van der Waals surface area contributed by atoms with E-state index in [1.54, 1.807) is 0 Å². The van der Waals surface area contributed by atoms with Crippen molar-refractivity contribution in [2.24, 2.45) is 28.7 Å². The van der Waals surface area contributed by atoms with Gasteiger partial charge in [0, 0.05) is 25.7 Å². The van der Waals surface area contributed by atoms with E-state index in [1.807, 2.05) is 6.92 Å². The average Bonchev–Trinajstić information content (AvgIpc) is 3.50. The minimum Gasteiger partial charge on any atom is -0.357 e. The molecular formula is C22H36IN5O2. The molecule has 7 nitrogen and oxygen atoms in total. The summed E-state index contributed by atoms with van der Waals surface area (Å²) in [5.41, 5.74) is 0. The zero-order chi connectivity index (χ0) is 20.4. The Bertz CT molecular complexity index is 661. The quantitative estimate of drug-likeness (QED) is 0.165. The number of aliphatic imine (C=N–C) groups is 1. The standard InChI is InChI=1S/C22H35N5O2.HI/c1-3-17(26-10-5-6-11-26)14-25-22(23-4-2)24-9-12-27-20(28)18-15-7-8-16(13-15)19(18)21(27)29;/h7-8,15-19H,3-6,9-14H2,1-2H3,(H2,23,24,25);1H. The number of halogens is 1. The first-order valence-corrected chi connectivity index (χ1v) is 11.4. The summed E-state index contributed by atoms with van der Waals surface area (Å²) in [6, 6.07) is 0.483. The molecule has 168 valence electrons. The molecule has 2 saturated heterocycles. The van der Waals surface area contributed by atoms with Crippen molar-refractivity contribution >= 4 is 41.8 Å². The fourth-order valence-electron chi connectivity index (χ4n) is 5.62. The second kappa shape index (κ2) is 10.4. The molecule has 0 aromatic heterocycles. The van der Waals surface area contributed by atoms with Gasteiger partial charge in [0.25, 0.3) is 0 Å². The van der Waals surface area contributed by atoms with Gasteiger partial charge in [0.2, 0.25) is 11.8 Å². The lowest BCUT2D eigenvalue weighted by atomic mass is 9.85. The predicted octanol–water partition coefficient (Wildman–Crippen LogP) is 1.84. The lowest BCUT2D eigenvalue weighted by molar-refractivity contribution is -0.140. The molecule has 2 aliphatic carbocycles. The maximum atomic E-state index is 12.8. The van der Waals surface area contributed by atoms with Gasteiger partial charge in [0.05, 0.1) is 18.4 Å². The summed E-state index contributed by atoms with van der Waals surface area (Å²) in [4.78, 5) is 34.4. The molecule has 8 heteroatoms. The number of imide groups is 1. The normalized spacial score (nSPS) is 31.3. The summed E-state index contributed by atoms with van der Waals surface area (Å²) >= 11 is 0. The number of amides is 2. The van der Waals surface area contributed by atoms with E-state index in [-0.39, 0.29) is 59.5 Å². The first kappa shape index (κ1) is 23.5. The highest BCUT2D eigenvalue weighted by Gasteiger charge is 2.58. The summed E-state index contributed by atoms with van der Waals surface area (Å²) in [7, 11) is 0. The Morgan fingerprint density at radius 1 is 1.10 bits per heavy atom. The fraction of sp³-hybridized carbons (Fsp3) is 0.773. The molecule has 2 aliphatic heterocycles. The molecule has 0 aromatic carbocycles. The number of guanidine groups is 1. The minimum absolute atomic E-state index is 0. The Morgan fingerprint density at radius 2 is 1.73 bits per heavy atom. The molecule has 4 rings (SSSR count). The third kappa shape index (κ3) is 4.54. The molecule has 1 saturated carbocycles. The number of hydrogen-bond donors (Lipinski definition) is 2. The Hall–Kier alpha value is -1.16. The van der Waals surface area contributed by atoms with Crippen LogP contribution in [0.4, 0.5) is 0 Å². The van der Waals surface area contributed by atoms with E-state index >= 15 is 0 Å². The molecular weight excluding hydrogens is 493 g/mol. The largest absolute Gasteiger partial charge is 0.357 e. The molecule has 2 N–H and O–H groups in total. The zero-order valence-corrected chi connectivity index (χ0v) is 20.5. The lowest BCUT2D eigenvalue weighted by Gasteiger charge is -2.25. The van der Waals surface area contributed by atoms with Crippen molar-refractivity contribution in [3.8, 4) is 0 Å². The molecule has 2 amide bonds. The van der Waals surface area contributed by atoms with Crippen molar-refractivity contribution in [1.82, 2.24) is 20.4 Å². The molecule has 4 aliphatic rings. The Kier molecular flexibility index (Phi) is 8.17. The highest BCUT2D eigenvalue weighted by Crippen LogP contribution is 2.52. The summed E-state index contributed by atoms with van der Waals surface area (Å²) in [6.45, 7) is 9.13. The Balaban J connectivity index is 0.00000256. The van der Waals surface area contributed by atoms with Crippen LogP contribution >= 0.6 is 24.0 Å². The fourth-order valence-corrected chi connectivity index (χ4v) is 5.62. The highest BCUT2D eigenvalue weighted by molar-refractivity contribution is 14.0. The topological polar surface area (TPSA) is 77.0 Å². The van der Waals surface area contributed by atoms with E-state index in [0.29, 0.717) is 19.1 Å². The number of nitrogens with zero attached hydrogens (tertiary/aromatic N) is 3. The van der Waals surface area contributed by atoms with Crippen molar-refractivity contribution in [3.63, 3.8) is 0 Å². The van der Waals surface area contributed by atoms with Crippen molar-refractivity contribution in [1.29, 1.82) is 0 Å². The number of likely N-dealkylation sites (tertiary alicyclic amines) is 2. The minimum atomic E-state index is -0.106. The van der Waals surface area contributed by atoms with Crippen molar-refractivity contribution in [2.45, 2.75) is 45.6 Å². The summed E-state index contributed by atoms with van der Waals surface area (Å²) in [5, 5.41) is 6.61. The number of nitrogens with one attached hydrogen (secondary N) is 2. The smallest absolute Gasteiger partial charge is 0.233 e. The predicted molar refractivity (Wildman–Crippen MR) is 129 cm³/mol. The van der Waals surface area contributed by atoms with Gasteiger partial charge >= 0.3 is 0 Å². The van der Waals surface area contributed by atoms with E-state index in [2.05, 4.69) is 34.6 Å². The van der Waals surface area contributed by atoms with E-state index in [9.17, 15) is 9.59 Å². The molecule has 5 atom stereocenters. The van der Waals surface area contributed by atoms with Gasteiger partial charge in [-0.1, -0.05) is 19.1 Å². The van der Waals surface area contributed by atoms with Crippen LogP contribution in [0, 0.1) is 23.7 Å². The van der Waals surface area contributed by atoms with Gasteiger partial charge in [0.15, 0.2) is 5.96 Å². The number of fused-ring (bicyclic) bond motifs is 5. The number of carbonyl (C=O) groups is 2. The van der Waals surface area contributed by atoms with Crippen molar-refractivity contribution < 1.29 is 9.59 Å². The summed E-state index contributed by atoms with van der Waals surface area (Å²) < 4.78 is 0. The second-order valence-electron chi connectivity index (χ2n) is 8.78. The second-order valence-corrected chi connectivity index (χ2v) is 8.78. The van der Waals surface area contributed by atoms with Crippen LogP contribution in [0.25, 0.3) is 0 Å². The molecule has 3 fully saturated rings. The third-order valence-electron chi connectivity index (χ3n) is 7.12. The molecule has 0 radical (unpaired) electrons.